The van der Waals surface area contributed by atoms with E-state index in [-0.39, 0.29) is 12.6 Å². The Hall–Kier alpha value is -1.46. The number of benzene rings is 1. The molecule has 0 spiro atoms. The van der Waals surface area contributed by atoms with E-state index in [2.05, 4.69) is 23.8 Å². The van der Waals surface area contributed by atoms with Crippen molar-refractivity contribution in [3.8, 4) is 11.5 Å². The number of fused-ring (bicyclic) bond motifs is 1. The number of aliphatic hydroxyl groups excluding tert-OH is 1. The largest absolute Gasteiger partial charge is 0.454 e. The van der Waals surface area contributed by atoms with Gasteiger partial charge in [-0.25, -0.2) is 0 Å². The first kappa shape index (κ1) is 12.6. The van der Waals surface area contributed by atoms with Crippen molar-refractivity contribution in [3.05, 3.63) is 18.2 Å². The molecule has 19 heavy (non-hydrogen) atoms. The highest BCUT2D eigenvalue weighted by Crippen LogP contribution is 2.36. The maximum Gasteiger partial charge on any atom is 0.231 e. The van der Waals surface area contributed by atoms with Gasteiger partial charge in [0.1, 0.15) is 0 Å². The van der Waals surface area contributed by atoms with Gasteiger partial charge in [-0.15, -0.1) is 0 Å². The zero-order valence-electron chi connectivity index (χ0n) is 11.4. The van der Waals surface area contributed by atoms with Crippen LogP contribution < -0.4 is 14.4 Å². The van der Waals surface area contributed by atoms with Crippen LogP contribution in [0.1, 0.15) is 6.92 Å². The van der Waals surface area contributed by atoms with Crippen LogP contribution in [-0.4, -0.2) is 55.6 Å². The molecular formula is C14H20N2O3. The molecule has 2 atom stereocenters. The third-order valence-electron chi connectivity index (χ3n) is 4.05. The summed E-state index contributed by atoms with van der Waals surface area (Å²) in [5.74, 6) is 1.59. The van der Waals surface area contributed by atoms with E-state index in [0.29, 0.717) is 12.8 Å². The second-order valence-corrected chi connectivity index (χ2v) is 5.31. The van der Waals surface area contributed by atoms with Gasteiger partial charge >= 0.3 is 0 Å². The van der Waals surface area contributed by atoms with Gasteiger partial charge in [0.15, 0.2) is 11.5 Å². The fraction of sp³-hybridized carbons (Fsp3) is 0.571. The Kier molecular flexibility index (Phi) is 3.24. The molecule has 0 amide bonds. The minimum Gasteiger partial charge on any atom is -0.454 e. The molecule has 1 N–H and O–H groups in total. The average molecular weight is 264 g/mol. The zero-order valence-corrected chi connectivity index (χ0v) is 11.4. The van der Waals surface area contributed by atoms with Gasteiger partial charge in [0.25, 0.3) is 0 Å². The predicted molar refractivity (Wildman–Crippen MR) is 72.9 cm³/mol. The smallest absolute Gasteiger partial charge is 0.231 e. The summed E-state index contributed by atoms with van der Waals surface area (Å²) in [6.45, 7) is 4.42. The van der Waals surface area contributed by atoms with Crippen molar-refractivity contribution >= 4 is 5.69 Å². The van der Waals surface area contributed by atoms with E-state index >= 15 is 0 Å². The molecule has 5 nitrogen and oxygen atoms in total. The van der Waals surface area contributed by atoms with Gasteiger partial charge in [-0.2, -0.15) is 0 Å². The maximum atomic E-state index is 9.60. The number of anilines is 1. The highest BCUT2D eigenvalue weighted by molar-refractivity contribution is 5.58. The summed E-state index contributed by atoms with van der Waals surface area (Å²) in [6.07, 6.45) is 0. The SMILES string of the molecule is CC1CN(c2ccc3c(c2)OCO3)C(CO)CN1C. The minimum atomic E-state index is 0.126. The Morgan fingerprint density at radius 1 is 1.26 bits per heavy atom. The molecule has 2 heterocycles. The summed E-state index contributed by atoms with van der Waals surface area (Å²) in [7, 11) is 2.10. The molecule has 0 aromatic heterocycles. The molecule has 2 aliphatic rings. The van der Waals surface area contributed by atoms with Crippen LogP contribution in [0.25, 0.3) is 0 Å². The van der Waals surface area contributed by atoms with Crippen molar-refractivity contribution in [1.82, 2.24) is 4.90 Å². The number of aliphatic hydroxyl groups is 1. The van der Waals surface area contributed by atoms with E-state index in [4.69, 9.17) is 9.47 Å². The van der Waals surface area contributed by atoms with E-state index in [0.717, 1.165) is 30.3 Å². The van der Waals surface area contributed by atoms with Gasteiger partial charge in [0.2, 0.25) is 6.79 Å². The third-order valence-corrected chi connectivity index (χ3v) is 4.05. The number of ether oxygens (including phenoxy) is 2. The summed E-state index contributed by atoms with van der Waals surface area (Å²) in [4.78, 5) is 4.54. The summed E-state index contributed by atoms with van der Waals surface area (Å²) in [5.41, 5.74) is 1.09. The summed E-state index contributed by atoms with van der Waals surface area (Å²) in [6, 6.07) is 6.57. The van der Waals surface area contributed by atoms with Gasteiger partial charge in [-0.1, -0.05) is 0 Å². The van der Waals surface area contributed by atoms with Crippen molar-refractivity contribution < 1.29 is 14.6 Å². The predicted octanol–water partition coefficient (Wildman–Crippen LogP) is 0.916. The van der Waals surface area contributed by atoms with Crippen molar-refractivity contribution in [3.63, 3.8) is 0 Å². The molecule has 2 aliphatic heterocycles. The first-order chi connectivity index (χ1) is 9.19. The fourth-order valence-electron chi connectivity index (χ4n) is 2.72. The molecule has 3 rings (SSSR count). The van der Waals surface area contributed by atoms with Crippen LogP contribution in [0, 0.1) is 0 Å². The van der Waals surface area contributed by atoms with Crippen LogP contribution in [0.5, 0.6) is 11.5 Å². The van der Waals surface area contributed by atoms with Crippen molar-refractivity contribution in [1.29, 1.82) is 0 Å². The molecule has 1 aromatic carbocycles. The molecule has 0 radical (unpaired) electrons. The number of piperazine rings is 1. The number of likely N-dealkylation sites (N-methyl/N-ethyl adjacent to an activating group) is 1. The van der Waals surface area contributed by atoms with Gasteiger partial charge in [-0.3, -0.25) is 4.90 Å². The van der Waals surface area contributed by atoms with E-state index < -0.39 is 0 Å². The number of nitrogens with zero attached hydrogens (tertiary/aromatic N) is 2. The van der Waals surface area contributed by atoms with Gasteiger partial charge in [0.05, 0.1) is 12.6 Å². The minimum absolute atomic E-state index is 0.126. The Balaban J connectivity index is 1.87. The second kappa shape index (κ2) is 4.90. The Morgan fingerprint density at radius 3 is 2.84 bits per heavy atom. The van der Waals surface area contributed by atoms with Crippen LogP contribution in [-0.2, 0) is 0 Å². The average Bonchev–Trinajstić information content (AvgIpc) is 2.88. The summed E-state index contributed by atoms with van der Waals surface area (Å²) >= 11 is 0. The topological polar surface area (TPSA) is 45.2 Å². The normalized spacial score (nSPS) is 26.8. The summed E-state index contributed by atoms with van der Waals surface area (Å²) in [5, 5.41) is 9.60. The van der Waals surface area contributed by atoms with Crippen LogP contribution in [0.15, 0.2) is 18.2 Å². The Morgan fingerprint density at radius 2 is 2.05 bits per heavy atom. The Labute approximate surface area is 113 Å². The number of hydrogen-bond donors (Lipinski definition) is 1. The van der Waals surface area contributed by atoms with Crippen LogP contribution in [0.4, 0.5) is 5.69 Å². The number of rotatable bonds is 2. The standard InChI is InChI=1S/C14H20N2O3/c1-10-6-16(12(8-17)7-15(10)2)11-3-4-13-14(5-11)19-9-18-13/h3-5,10,12,17H,6-9H2,1-2H3. The fourth-order valence-corrected chi connectivity index (χ4v) is 2.72. The Bertz CT molecular complexity index is 466. The zero-order chi connectivity index (χ0) is 13.4. The highest BCUT2D eigenvalue weighted by Gasteiger charge is 2.30. The molecule has 1 fully saturated rings. The number of hydrogen-bond acceptors (Lipinski definition) is 5. The first-order valence-electron chi connectivity index (χ1n) is 6.66. The lowest BCUT2D eigenvalue weighted by Crippen LogP contribution is -2.57. The van der Waals surface area contributed by atoms with E-state index in [1.807, 2.05) is 18.2 Å². The molecule has 0 bridgehead atoms. The lowest BCUT2D eigenvalue weighted by atomic mass is 10.1. The van der Waals surface area contributed by atoms with Crippen LogP contribution >= 0.6 is 0 Å². The molecule has 0 aliphatic carbocycles. The molecular weight excluding hydrogens is 244 g/mol. The third kappa shape index (κ3) is 2.24. The van der Waals surface area contributed by atoms with E-state index in [1.165, 1.54) is 0 Å². The lowest BCUT2D eigenvalue weighted by molar-refractivity contribution is 0.155. The molecule has 1 saturated heterocycles. The van der Waals surface area contributed by atoms with Crippen molar-refractivity contribution in [2.75, 3.05) is 38.4 Å². The monoisotopic (exact) mass is 264 g/mol. The van der Waals surface area contributed by atoms with Crippen LogP contribution in [0.3, 0.4) is 0 Å². The van der Waals surface area contributed by atoms with E-state index in [9.17, 15) is 5.11 Å². The lowest BCUT2D eigenvalue weighted by Gasteiger charge is -2.44. The van der Waals surface area contributed by atoms with Gasteiger partial charge in [-0.05, 0) is 26.1 Å². The molecule has 104 valence electrons. The van der Waals surface area contributed by atoms with Gasteiger partial charge < -0.3 is 19.5 Å². The second-order valence-electron chi connectivity index (χ2n) is 5.31. The molecule has 1 aromatic rings. The molecule has 5 heteroatoms. The summed E-state index contributed by atoms with van der Waals surface area (Å²) < 4.78 is 10.8. The van der Waals surface area contributed by atoms with E-state index in [1.54, 1.807) is 0 Å². The highest BCUT2D eigenvalue weighted by atomic mass is 16.7. The maximum absolute atomic E-state index is 9.60. The first-order valence-corrected chi connectivity index (χ1v) is 6.66. The van der Waals surface area contributed by atoms with Crippen molar-refractivity contribution in [2.24, 2.45) is 0 Å². The van der Waals surface area contributed by atoms with Crippen molar-refractivity contribution in [2.45, 2.75) is 19.0 Å². The van der Waals surface area contributed by atoms with Gasteiger partial charge in [0, 0.05) is 30.9 Å². The van der Waals surface area contributed by atoms with Crippen LogP contribution in [0.2, 0.25) is 0 Å². The molecule has 2 unspecified atom stereocenters. The quantitative estimate of drug-likeness (QED) is 0.860. The molecule has 0 saturated carbocycles.